The number of nitrogens with one attached hydrogen (secondary N) is 1. The summed E-state index contributed by atoms with van der Waals surface area (Å²) in [6.45, 7) is -1.34. The maximum Gasteiger partial charge on any atom is 0.573 e. The lowest BCUT2D eigenvalue weighted by Gasteiger charge is -2.20. The SMILES string of the molecule is [N-]=[N+]=NC[C@@]1(F)C[C@@H](C(=O)Nc2cccc(OC(F)(F)F)c2)N(C(=O)O)C1. The molecule has 2 rings (SSSR count). The summed E-state index contributed by atoms with van der Waals surface area (Å²) in [5.41, 5.74) is 5.96. The molecule has 1 aliphatic rings. The first-order valence-corrected chi connectivity index (χ1v) is 7.39. The van der Waals surface area contributed by atoms with E-state index in [0.29, 0.717) is 4.90 Å². The van der Waals surface area contributed by atoms with E-state index in [2.05, 4.69) is 20.1 Å². The van der Waals surface area contributed by atoms with Gasteiger partial charge in [0, 0.05) is 23.1 Å². The van der Waals surface area contributed by atoms with E-state index in [1.165, 1.54) is 12.1 Å². The number of carbonyl (C=O) groups excluding carboxylic acids is 1. The zero-order valence-electron chi connectivity index (χ0n) is 13.5. The lowest BCUT2D eigenvalue weighted by Crippen LogP contribution is -2.42. The molecule has 0 radical (unpaired) electrons. The molecule has 1 aliphatic heterocycles. The van der Waals surface area contributed by atoms with Crippen molar-refractivity contribution in [2.75, 3.05) is 18.4 Å². The lowest BCUT2D eigenvalue weighted by molar-refractivity contribution is -0.274. The second-order valence-electron chi connectivity index (χ2n) is 5.74. The van der Waals surface area contributed by atoms with Gasteiger partial charge in [0.05, 0.1) is 13.1 Å². The van der Waals surface area contributed by atoms with E-state index in [0.717, 1.165) is 12.1 Å². The number of likely N-dealkylation sites (tertiary alicyclic amines) is 1. The van der Waals surface area contributed by atoms with Crippen LogP contribution >= 0.6 is 0 Å². The van der Waals surface area contributed by atoms with Crippen molar-refractivity contribution < 1.29 is 37.0 Å². The quantitative estimate of drug-likeness (QED) is 0.345. The minimum Gasteiger partial charge on any atom is -0.465 e. The molecular weight excluding hydrogens is 378 g/mol. The van der Waals surface area contributed by atoms with Gasteiger partial charge in [0.1, 0.15) is 17.5 Å². The highest BCUT2D eigenvalue weighted by Gasteiger charge is 2.49. The largest absolute Gasteiger partial charge is 0.573 e. The van der Waals surface area contributed by atoms with E-state index >= 15 is 0 Å². The van der Waals surface area contributed by atoms with E-state index in [4.69, 9.17) is 10.6 Å². The number of carbonyl (C=O) groups is 2. The van der Waals surface area contributed by atoms with Crippen LogP contribution < -0.4 is 10.1 Å². The Morgan fingerprint density at radius 3 is 2.78 bits per heavy atom. The highest BCUT2D eigenvalue weighted by Crippen LogP contribution is 2.32. The first kappa shape index (κ1) is 20.1. The van der Waals surface area contributed by atoms with Crippen molar-refractivity contribution in [3.8, 4) is 5.75 Å². The van der Waals surface area contributed by atoms with Crippen LogP contribution in [0.15, 0.2) is 29.4 Å². The number of hydrogen-bond donors (Lipinski definition) is 2. The van der Waals surface area contributed by atoms with E-state index in [9.17, 15) is 27.2 Å². The zero-order valence-corrected chi connectivity index (χ0v) is 13.5. The smallest absolute Gasteiger partial charge is 0.465 e. The molecule has 2 atom stereocenters. The predicted molar refractivity (Wildman–Crippen MR) is 82.7 cm³/mol. The second kappa shape index (κ2) is 7.58. The number of rotatable bonds is 5. The Morgan fingerprint density at radius 2 is 2.19 bits per heavy atom. The number of amides is 2. The Balaban J connectivity index is 2.15. The molecular formula is C14H13F4N5O4. The summed E-state index contributed by atoms with van der Waals surface area (Å²) in [6, 6.07) is 2.88. The van der Waals surface area contributed by atoms with E-state index < -0.39 is 55.3 Å². The minimum absolute atomic E-state index is 0.0986. The number of benzene rings is 1. The highest BCUT2D eigenvalue weighted by molar-refractivity contribution is 5.97. The summed E-state index contributed by atoms with van der Waals surface area (Å²) in [7, 11) is 0. The van der Waals surface area contributed by atoms with Gasteiger partial charge in [0.25, 0.3) is 0 Å². The molecule has 0 unspecified atom stereocenters. The van der Waals surface area contributed by atoms with Crippen LogP contribution in [0.2, 0.25) is 0 Å². The highest BCUT2D eigenvalue weighted by atomic mass is 19.4. The van der Waals surface area contributed by atoms with Gasteiger partial charge in [0.2, 0.25) is 5.91 Å². The van der Waals surface area contributed by atoms with Crippen molar-refractivity contribution in [2.24, 2.45) is 5.11 Å². The van der Waals surface area contributed by atoms with Gasteiger partial charge < -0.3 is 15.2 Å². The van der Waals surface area contributed by atoms with E-state index in [1.807, 2.05) is 0 Å². The number of alkyl halides is 4. The number of azide groups is 1. The van der Waals surface area contributed by atoms with Crippen LogP contribution in [0.5, 0.6) is 5.75 Å². The molecule has 0 aromatic heterocycles. The Morgan fingerprint density at radius 1 is 1.48 bits per heavy atom. The molecule has 1 aromatic rings. The second-order valence-corrected chi connectivity index (χ2v) is 5.74. The molecule has 0 bridgehead atoms. The molecule has 1 saturated heterocycles. The summed E-state index contributed by atoms with van der Waals surface area (Å²) in [5, 5.41) is 14.5. The van der Waals surface area contributed by atoms with Gasteiger partial charge in [-0.3, -0.25) is 9.69 Å². The monoisotopic (exact) mass is 391 g/mol. The molecule has 0 aliphatic carbocycles. The van der Waals surface area contributed by atoms with Gasteiger partial charge in [-0.05, 0) is 17.7 Å². The third-order valence-electron chi connectivity index (χ3n) is 3.69. The maximum absolute atomic E-state index is 14.6. The van der Waals surface area contributed by atoms with Crippen LogP contribution in [0.1, 0.15) is 6.42 Å². The van der Waals surface area contributed by atoms with Crippen molar-refractivity contribution in [2.45, 2.75) is 24.5 Å². The number of halogens is 4. The molecule has 1 aromatic carbocycles. The number of anilines is 1. The van der Waals surface area contributed by atoms with Crippen molar-refractivity contribution in [3.05, 3.63) is 34.7 Å². The Labute approximate surface area is 149 Å². The summed E-state index contributed by atoms with van der Waals surface area (Å²) in [6.07, 6.45) is -7.06. The van der Waals surface area contributed by atoms with Crippen LogP contribution in [-0.4, -0.2) is 53.2 Å². The molecule has 27 heavy (non-hydrogen) atoms. The molecule has 2 amide bonds. The van der Waals surface area contributed by atoms with Crippen LogP contribution in [-0.2, 0) is 4.79 Å². The van der Waals surface area contributed by atoms with Crippen LogP contribution in [0, 0.1) is 0 Å². The number of carboxylic acid groups (broad SMARTS) is 1. The zero-order chi connectivity index (χ0) is 20.2. The van der Waals surface area contributed by atoms with E-state index in [-0.39, 0.29) is 5.69 Å². The molecule has 1 heterocycles. The lowest BCUT2D eigenvalue weighted by atomic mass is 10.0. The minimum atomic E-state index is -4.93. The first-order valence-electron chi connectivity index (χ1n) is 7.39. The molecule has 9 nitrogen and oxygen atoms in total. The maximum atomic E-state index is 14.6. The topological polar surface area (TPSA) is 128 Å². The summed E-state index contributed by atoms with van der Waals surface area (Å²) in [4.78, 5) is 26.6. The summed E-state index contributed by atoms with van der Waals surface area (Å²) < 4.78 is 55.1. The van der Waals surface area contributed by atoms with Crippen molar-refractivity contribution in [1.29, 1.82) is 0 Å². The van der Waals surface area contributed by atoms with Crippen molar-refractivity contribution in [3.63, 3.8) is 0 Å². The predicted octanol–water partition coefficient (Wildman–Crippen LogP) is 3.29. The number of nitrogens with zero attached hydrogens (tertiary/aromatic N) is 4. The van der Waals surface area contributed by atoms with E-state index in [1.54, 1.807) is 0 Å². The fourth-order valence-electron chi connectivity index (χ4n) is 2.64. The number of hydrogen-bond acceptors (Lipinski definition) is 4. The van der Waals surface area contributed by atoms with Crippen LogP contribution in [0.3, 0.4) is 0 Å². The summed E-state index contributed by atoms with van der Waals surface area (Å²) >= 11 is 0. The Hall–Kier alpha value is -3.21. The van der Waals surface area contributed by atoms with Gasteiger partial charge in [-0.25, -0.2) is 9.18 Å². The first-order chi connectivity index (χ1) is 12.5. The van der Waals surface area contributed by atoms with Gasteiger partial charge in [-0.2, -0.15) is 0 Å². The van der Waals surface area contributed by atoms with Crippen molar-refractivity contribution >= 4 is 17.7 Å². The normalized spacial score (nSPS) is 22.1. The fraction of sp³-hybridized carbons (Fsp3) is 0.429. The fourth-order valence-corrected chi connectivity index (χ4v) is 2.64. The average Bonchev–Trinajstić information content (AvgIpc) is 2.90. The molecule has 0 spiro atoms. The van der Waals surface area contributed by atoms with Gasteiger partial charge in [-0.1, -0.05) is 11.2 Å². The molecule has 0 saturated carbocycles. The Kier molecular flexibility index (Phi) is 5.64. The third kappa shape index (κ3) is 5.38. The standard InChI is InChI=1S/C14H13F4N5O4/c15-13(6-20-22-19)5-10(23(7-13)12(25)26)11(24)21-8-2-1-3-9(4-8)27-14(16,17)18/h1-4,10H,5-7H2,(H,21,24)(H,25,26)/t10-,13-/m0/s1. The molecule has 1 fully saturated rings. The van der Waals surface area contributed by atoms with Gasteiger partial charge in [0.15, 0.2) is 0 Å². The molecule has 13 heteroatoms. The Bertz CT molecular complexity index is 783. The number of ether oxygens (including phenoxy) is 1. The third-order valence-corrected chi connectivity index (χ3v) is 3.69. The molecule has 2 N–H and O–H groups in total. The van der Waals surface area contributed by atoms with Crippen LogP contribution in [0.25, 0.3) is 10.4 Å². The molecule has 146 valence electrons. The average molecular weight is 391 g/mol. The van der Waals surface area contributed by atoms with Gasteiger partial charge in [-0.15, -0.1) is 13.2 Å². The summed E-state index contributed by atoms with van der Waals surface area (Å²) in [5.74, 6) is -1.54. The van der Waals surface area contributed by atoms with Crippen LogP contribution in [0.4, 0.5) is 28.0 Å². The van der Waals surface area contributed by atoms with Gasteiger partial charge >= 0.3 is 12.5 Å². The van der Waals surface area contributed by atoms with Crippen molar-refractivity contribution in [1.82, 2.24) is 4.90 Å².